The van der Waals surface area contributed by atoms with E-state index < -0.39 is 16.7 Å². The second-order valence-electron chi connectivity index (χ2n) is 9.02. The lowest BCUT2D eigenvalue weighted by atomic mass is 9.58. The zero-order valence-corrected chi connectivity index (χ0v) is 22.3. The summed E-state index contributed by atoms with van der Waals surface area (Å²) in [7, 11) is 0. The maximum Gasteiger partial charge on any atom is 0.164 e. The maximum atomic E-state index is 13.5. The van der Waals surface area contributed by atoms with Crippen LogP contribution in [0.5, 0.6) is 0 Å². The van der Waals surface area contributed by atoms with Gasteiger partial charge in [0, 0.05) is 35.9 Å². The summed E-state index contributed by atoms with van der Waals surface area (Å²) in [6.45, 7) is 10.5. The van der Waals surface area contributed by atoms with Crippen molar-refractivity contribution in [1.29, 1.82) is 0 Å². The van der Waals surface area contributed by atoms with Gasteiger partial charge in [0.25, 0.3) is 0 Å². The number of carbonyl (C=O) groups excluding carboxylic acids is 1. The van der Waals surface area contributed by atoms with Crippen LogP contribution in [0.3, 0.4) is 0 Å². The number of ketones is 1. The van der Waals surface area contributed by atoms with Gasteiger partial charge in [0.05, 0.1) is 0 Å². The SMILES string of the molecule is CCCN1NC(C)(C2(C3(C)NN(CCC)N(SC)N3)CC(=O)c3cscc3C2)NN1SC. The number of carbonyl (C=O) groups is 1. The molecule has 2 atom stereocenters. The van der Waals surface area contributed by atoms with Crippen molar-refractivity contribution in [2.75, 3.05) is 25.6 Å². The molecule has 0 radical (unpaired) electrons. The van der Waals surface area contributed by atoms with Crippen molar-refractivity contribution in [3.05, 3.63) is 21.9 Å². The molecule has 2 aliphatic heterocycles. The fourth-order valence-corrected chi connectivity index (χ4v) is 7.31. The van der Waals surface area contributed by atoms with E-state index in [1.54, 1.807) is 35.2 Å². The molecule has 0 saturated carbocycles. The van der Waals surface area contributed by atoms with E-state index in [1.165, 1.54) is 0 Å². The minimum absolute atomic E-state index is 0.205. The standard InChI is InChI=1S/C20H36N8OS3/c1-7-9-25-21-18(3,23-27(25)30-5)20(11-15-13-32-14-16(15)17(29)12-20)19(4)22-26(10-8-2)28(24-19)31-6/h13-14,21-24H,7-12H2,1-6H3. The van der Waals surface area contributed by atoms with Gasteiger partial charge in [-0.25, -0.2) is 21.7 Å². The highest BCUT2D eigenvalue weighted by Gasteiger charge is 2.67. The van der Waals surface area contributed by atoms with Crippen molar-refractivity contribution in [2.45, 2.75) is 64.7 Å². The molecule has 0 bridgehead atoms. The van der Waals surface area contributed by atoms with Crippen LogP contribution in [0.25, 0.3) is 0 Å². The van der Waals surface area contributed by atoms with E-state index in [2.05, 4.69) is 86.6 Å². The zero-order valence-electron chi connectivity index (χ0n) is 19.8. The van der Waals surface area contributed by atoms with Crippen LogP contribution in [0, 0.1) is 5.41 Å². The third-order valence-electron chi connectivity index (χ3n) is 6.91. The number of fused-ring (bicyclic) bond motifs is 1. The van der Waals surface area contributed by atoms with E-state index in [0.717, 1.165) is 43.5 Å². The van der Waals surface area contributed by atoms with Gasteiger partial charge in [-0.3, -0.25) is 4.79 Å². The van der Waals surface area contributed by atoms with Gasteiger partial charge >= 0.3 is 0 Å². The first kappa shape index (κ1) is 24.9. The molecule has 32 heavy (non-hydrogen) atoms. The number of hydrogen-bond acceptors (Lipinski definition) is 12. The Bertz CT molecular complexity index is 804. The van der Waals surface area contributed by atoms with E-state index in [0.29, 0.717) is 6.42 Å². The summed E-state index contributed by atoms with van der Waals surface area (Å²) in [6.07, 6.45) is 7.35. The van der Waals surface area contributed by atoms with Gasteiger partial charge in [0.15, 0.2) is 5.78 Å². The first-order chi connectivity index (χ1) is 15.3. The lowest BCUT2D eigenvalue weighted by Gasteiger charge is -2.55. The summed E-state index contributed by atoms with van der Waals surface area (Å²) in [4.78, 5) is 13.5. The van der Waals surface area contributed by atoms with Gasteiger partial charge in [0.1, 0.15) is 11.3 Å². The fraction of sp³-hybridized carbons (Fsp3) is 0.750. The lowest BCUT2D eigenvalue weighted by molar-refractivity contribution is -0.0443. The van der Waals surface area contributed by atoms with Crippen LogP contribution in [0.15, 0.2) is 10.8 Å². The Hall–Kier alpha value is -0.250. The van der Waals surface area contributed by atoms with Gasteiger partial charge in [-0.1, -0.05) is 13.8 Å². The summed E-state index contributed by atoms with van der Waals surface area (Å²) >= 11 is 4.87. The number of rotatable bonds is 8. The molecular formula is C20H36N8OS3. The minimum Gasteiger partial charge on any atom is -0.294 e. The Kier molecular flexibility index (Phi) is 7.32. The lowest BCUT2D eigenvalue weighted by Crippen LogP contribution is -2.76. The van der Waals surface area contributed by atoms with Crippen molar-refractivity contribution in [1.82, 2.24) is 41.0 Å². The second-order valence-corrected chi connectivity index (χ2v) is 11.2. The van der Waals surface area contributed by atoms with Crippen LogP contribution in [0.2, 0.25) is 0 Å². The topological polar surface area (TPSA) is 78.1 Å². The smallest absolute Gasteiger partial charge is 0.164 e. The molecule has 2 unspecified atom stereocenters. The number of hydrazine groups is 6. The van der Waals surface area contributed by atoms with Gasteiger partial charge in [0.2, 0.25) is 0 Å². The maximum absolute atomic E-state index is 13.5. The highest BCUT2D eigenvalue weighted by atomic mass is 32.2. The summed E-state index contributed by atoms with van der Waals surface area (Å²) in [5.41, 5.74) is 15.3. The molecule has 9 nitrogen and oxygen atoms in total. The molecule has 0 aromatic carbocycles. The van der Waals surface area contributed by atoms with Gasteiger partial charge in [-0.05, 0) is 80.5 Å². The molecule has 4 N–H and O–H groups in total. The van der Waals surface area contributed by atoms with E-state index >= 15 is 0 Å². The predicted molar refractivity (Wildman–Crippen MR) is 133 cm³/mol. The van der Waals surface area contributed by atoms with Gasteiger partial charge in [-0.15, -0.1) is 9.05 Å². The molecule has 12 heteroatoms. The Morgan fingerprint density at radius 1 is 0.906 bits per heavy atom. The van der Waals surface area contributed by atoms with Crippen molar-refractivity contribution >= 4 is 41.0 Å². The highest BCUT2D eigenvalue weighted by molar-refractivity contribution is 7.96. The first-order valence-corrected chi connectivity index (χ1v) is 14.5. The Balaban J connectivity index is 1.80. The van der Waals surface area contributed by atoms with Crippen molar-refractivity contribution in [3.8, 4) is 0 Å². The zero-order chi connectivity index (χ0) is 23.1. The molecule has 1 aromatic rings. The van der Waals surface area contributed by atoms with Crippen LogP contribution in [0.1, 0.15) is 62.9 Å². The van der Waals surface area contributed by atoms with Crippen molar-refractivity contribution in [2.24, 2.45) is 5.41 Å². The van der Waals surface area contributed by atoms with E-state index in [4.69, 9.17) is 0 Å². The molecule has 1 aromatic heterocycles. The molecule has 2 fully saturated rings. The quantitative estimate of drug-likeness (QED) is 0.398. The molecule has 180 valence electrons. The number of hydrogen-bond donors (Lipinski definition) is 4. The normalized spacial score (nSPS) is 35.1. The number of nitrogens with one attached hydrogen (secondary N) is 4. The fourth-order valence-electron chi connectivity index (χ4n) is 5.26. The Morgan fingerprint density at radius 3 is 1.91 bits per heavy atom. The van der Waals surface area contributed by atoms with Crippen LogP contribution in [-0.2, 0) is 6.42 Å². The molecule has 3 heterocycles. The average Bonchev–Trinajstić information content (AvgIpc) is 3.45. The van der Waals surface area contributed by atoms with Crippen LogP contribution >= 0.6 is 35.2 Å². The molecular weight excluding hydrogens is 464 g/mol. The van der Waals surface area contributed by atoms with Gasteiger partial charge in [-0.2, -0.15) is 21.6 Å². The Labute approximate surface area is 204 Å². The van der Waals surface area contributed by atoms with Crippen LogP contribution in [0.4, 0.5) is 0 Å². The molecule has 1 aliphatic carbocycles. The van der Waals surface area contributed by atoms with E-state index in [9.17, 15) is 4.79 Å². The molecule has 3 aliphatic rings. The Morgan fingerprint density at radius 2 is 1.44 bits per heavy atom. The third-order valence-corrected chi connectivity index (χ3v) is 8.97. The molecule has 2 saturated heterocycles. The summed E-state index contributed by atoms with van der Waals surface area (Å²) in [6, 6.07) is 0. The van der Waals surface area contributed by atoms with Crippen molar-refractivity contribution in [3.63, 3.8) is 0 Å². The van der Waals surface area contributed by atoms with Gasteiger partial charge < -0.3 is 0 Å². The molecule has 4 rings (SSSR count). The minimum atomic E-state index is -0.582. The number of Topliss-reactive ketones (excluding diaryl/α,β-unsaturated/α-hetero) is 1. The average molecular weight is 501 g/mol. The number of nitrogens with zero attached hydrogens (tertiary/aromatic N) is 4. The third kappa shape index (κ3) is 3.87. The van der Waals surface area contributed by atoms with E-state index in [1.807, 2.05) is 5.38 Å². The van der Waals surface area contributed by atoms with E-state index in [-0.39, 0.29) is 5.78 Å². The molecule has 0 spiro atoms. The summed E-state index contributed by atoms with van der Waals surface area (Å²) in [5.74, 6) is 0.205. The monoisotopic (exact) mass is 500 g/mol. The highest BCUT2D eigenvalue weighted by Crippen LogP contribution is 2.52. The summed E-state index contributed by atoms with van der Waals surface area (Å²) < 4.78 is 4.13. The predicted octanol–water partition coefficient (Wildman–Crippen LogP) is 2.76. The number of thiophene rings is 1. The second kappa shape index (κ2) is 9.42. The largest absolute Gasteiger partial charge is 0.294 e. The summed E-state index contributed by atoms with van der Waals surface area (Å²) in [5, 5.41) is 8.42. The van der Waals surface area contributed by atoms with Crippen LogP contribution in [-0.4, -0.2) is 62.0 Å². The van der Waals surface area contributed by atoms with Crippen LogP contribution < -0.4 is 21.7 Å². The molecule has 0 amide bonds. The van der Waals surface area contributed by atoms with Crippen molar-refractivity contribution < 1.29 is 4.79 Å². The first-order valence-electron chi connectivity index (χ1n) is 11.2.